The van der Waals surface area contributed by atoms with E-state index in [4.69, 9.17) is 9.47 Å². The topological polar surface area (TPSA) is 79.2 Å². The van der Waals surface area contributed by atoms with Crippen LogP contribution in [0.2, 0.25) is 0 Å². The van der Waals surface area contributed by atoms with Crippen LogP contribution in [0.25, 0.3) is 0 Å². The summed E-state index contributed by atoms with van der Waals surface area (Å²) in [5, 5.41) is 19.5. The monoisotopic (exact) mass is 307 g/mol. The minimum absolute atomic E-state index is 0.149. The highest BCUT2D eigenvalue weighted by molar-refractivity contribution is 5.96. The number of carbonyl (C=O) groups is 1. The van der Waals surface area contributed by atoms with E-state index in [1.165, 1.54) is 0 Å². The van der Waals surface area contributed by atoms with Gasteiger partial charge in [-0.25, -0.2) is 0 Å². The van der Waals surface area contributed by atoms with Gasteiger partial charge in [0.15, 0.2) is 11.5 Å². The molecule has 0 bridgehead atoms. The molecule has 2 heterocycles. The first kappa shape index (κ1) is 15.1. The second-order valence-corrected chi connectivity index (χ2v) is 6.02. The van der Waals surface area contributed by atoms with Crippen molar-refractivity contribution >= 4 is 5.91 Å². The number of aryl methyl sites for hydroxylation is 1. The van der Waals surface area contributed by atoms with Crippen molar-refractivity contribution in [3.05, 3.63) is 23.3 Å². The van der Waals surface area contributed by atoms with Gasteiger partial charge >= 0.3 is 0 Å². The molecule has 1 amide bonds. The summed E-state index contributed by atoms with van der Waals surface area (Å²) in [5.74, 6) is 1.08. The smallest absolute Gasteiger partial charge is 0.254 e. The third kappa shape index (κ3) is 2.76. The zero-order chi connectivity index (χ0) is 15.7. The van der Waals surface area contributed by atoms with E-state index in [1.54, 1.807) is 11.0 Å². The molecule has 2 aliphatic rings. The maximum atomic E-state index is 12.7. The lowest BCUT2D eigenvalue weighted by Crippen LogP contribution is -2.52. The summed E-state index contributed by atoms with van der Waals surface area (Å²) in [7, 11) is 0. The van der Waals surface area contributed by atoms with Crippen molar-refractivity contribution in [3.63, 3.8) is 0 Å². The Hall–Kier alpha value is -1.79. The van der Waals surface area contributed by atoms with Crippen molar-refractivity contribution in [2.24, 2.45) is 0 Å². The van der Waals surface area contributed by atoms with Gasteiger partial charge in [-0.1, -0.05) is 0 Å². The van der Waals surface area contributed by atoms with E-state index in [0.29, 0.717) is 49.7 Å². The lowest BCUT2D eigenvalue weighted by Gasteiger charge is -2.38. The number of hydrogen-bond donors (Lipinski definition) is 2. The number of hydrogen-bond acceptors (Lipinski definition) is 5. The summed E-state index contributed by atoms with van der Waals surface area (Å²) in [5.41, 5.74) is 0.161. The first-order chi connectivity index (χ1) is 10.5. The SMILES string of the molecule is Cc1cc2c(cc1C(=O)N1CCC[C@@](O)(CO)C1)OCCO2. The van der Waals surface area contributed by atoms with E-state index >= 15 is 0 Å². The van der Waals surface area contributed by atoms with Crippen LogP contribution in [-0.2, 0) is 0 Å². The quantitative estimate of drug-likeness (QED) is 0.842. The van der Waals surface area contributed by atoms with Crippen LogP contribution in [0.4, 0.5) is 0 Å². The Balaban J connectivity index is 1.85. The number of benzene rings is 1. The Kier molecular flexibility index (Phi) is 3.97. The Morgan fingerprint density at radius 3 is 2.68 bits per heavy atom. The minimum atomic E-state index is -1.20. The predicted octanol–water partition coefficient (Wildman–Crippen LogP) is 0.726. The van der Waals surface area contributed by atoms with Crippen LogP contribution < -0.4 is 9.47 Å². The van der Waals surface area contributed by atoms with Gasteiger partial charge in [-0.05, 0) is 37.5 Å². The molecule has 6 heteroatoms. The summed E-state index contributed by atoms with van der Waals surface area (Å²) in [6, 6.07) is 3.52. The molecule has 0 aliphatic carbocycles. The second kappa shape index (κ2) is 5.78. The molecule has 0 aromatic heterocycles. The molecule has 1 aromatic carbocycles. The van der Waals surface area contributed by atoms with Gasteiger partial charge in [-0.3, -0.25) is 4.79 Å². The summed E-state index contributed by atoms with van der Waals surface area (Å²) >= 11 is 0. The third-order valence-corrected chi connectivity index (χ3v) is 4.26. The minimum Gasteiger partial charge on any atom is -0.486 e. The van der Waals surface area contributed by atoms with Crippen LogP contribution in [-0.4, -0.2) is 59.5 Å². The zero-order valence-corrected chi connectivity index (χ0v) is 12.7. The Labute approximate surface area is 129 Å². The standard InChI is InChI=1S/C16H21NO5/c1-11-7-13-14(22-6-5-21-13)8-12(11)15(19)17-4-2-3-16(20,9-17)10-18/h7-8,18,20H,2-6,9-10H2,1H3/t16-/m0/s1. The van der Waals surface area contributed by atoms with Gasteiger partial charge in [-0.2, -0.15) is 0 Å². The van der Waals surface area contributed by atoms with Crippen molar-refractivity contribution in [1.82, 2.24) is 4.90 Å². The van der Waals surface area contributed by atoms with Gasteiger partial charge in [0.2, 0.25) is 0 Å². The maximum Gasteiger partial charge on any atom is 0.254 e. The number of ether oxygens (including phenoxy) is 2. The third-order valence-electron chi connectivity index (χ3n) is 4.26. The zero-order valence-electron chi connectivity index (χ0n) is 12.7. The van der Waals surface area contributed by atoms with Crippen molar-refractivity contribution in [2.45, 2.75) is 25.4 Å². The number of rotatable bonds is 2. The van der Waals surface area contributed by atoms with Crippen LogP contribution in [0.15, 0.2) is 12.1 Å². The molecule has 1 aromatic rings. The average molecular weight is 307 g/mol. The summed E-state index contributed by atoms with van der Waals surface area (Å²) in [4.78, 5) is 14.3. The Morgan fingerprint density at radius 2 is 2.00 bits per heavy atom. The van der Waals surface area contributed by atoms with Crippen molar-refractivity contribution in [3.8, 4) is 11.5 Å². The van der Waals surface area contributed by atoms with Gasteiger partial charge in [0.25, 0.3) is 5.91 Å². The molecule has 1 fully saturated rings. The van der Waals surface area contributed by atoms with E-state index in [0.717, 1.165) is 5.56 Å². The summed E-state index contributed by atoms with van der Waals surface area (Å²) < 4.78 is 11.0. The average Bonchev–Trinajstić information content (AvgIpc) is 2.53. The highest BCUT2D eigenvalue weighted by Crippen LogP contribution is 2.34. The van der Waals surface area contributed by atoms with Gasteiger partial charge in [0.1, 0.15) is 18.8 Å². The molecule has 0 saturated carbocycles. The number of aliphatic hydroxyl groups excluding tert-OH is 1. The Morgan fingerprint density at radius 1 is 1.32 bits per heavy atom. The van der Waals surface area contributed by atoms with Crippen LogP contribution in [0.1, 0.15) is 28.8 Å². The highest BCUT2D eigenvalue weighted by Gasteiger charge is 2.35. The number of piperidine rings is 1. The molecule has 120 valence electrons. The van der Waals surface area contributed by atoms with Crippen molar-refractivity contribution in [2.75, 3.05) is 32.9 Å². The fourth-order valence-corrected chi connectivity index (χ4v) is 3.01. The van der Waals surface area contributed by atoms with Crippen molar-refractivity contribution in [1.29, 1.82) is 0 Å². The normalized spacial score (nSPS) is 24.2. The molecule has 2 aliphatic heterocycles. The van der Waals surface area contributed by atoms with Crippen molar-refractivity contribution < 1.29 is 24.5 Å². The van der Waals surface area contributed by atoms with Crippen LogP contribution in [0.5, 0.6) is 11.5 Å². The fraction of sp³-hybridized carbons (Fsp3) is 0.562. The largest absolute Gasteiger partial charge is 0.486 e. The molecule has 22 heavy (non-hydrogen) atoms. The maximum absolute atomic E-state index is 12.7. The lowest BCUT2D eigenvalue weighted by molar-refractivity contribution is -0.0598. The molecule has 6 nitrogen and oxygen atoms in total. The first-order valence-electron chi connectivity index (χ1n) is 7.55. The highest BCUT2D eigenvalue weighted by atomic mass is 16.6. The van der Waals surface area contributed by atoms with Crippen LogP contribution >= 0.6 is 0 Å². The molecular formula is C16H21NO5. The lowest BCUT2D eigenvalue weighted by atomic mass is 9.93. The molecule has 2 N–H and O–H groups in total. The molecule has 3 rings (SSSR count). The summed E-state index contributed by atoms with van der Waals surface area (Å²) in [6.45, 7) is 3.23. The second-order valence-electron chi connectivity index (χ2n) is 6.02. The molecule has 0 radical (unpaired) electrons. The number of likely N-dealkylation sites (tertiary alicyclic amines) is 1. The number of carbonyl (C=O) groups excluding carboxylic acids is 1. The van der Waals surface area contributed by atoms with E-state index in [2.05, 4.69) is 0 Å². The van der Waals surface area contributed by atoms with Crippen LogP contribution in [0.3, 0.4) is 0 Å². The molecule has 1 saturated heterocycles. The number of β-amino-alcohol motifs (C(OH)–C–C–N with tert-alkyl or cyclic N) is 1. The molecular weight excluding hydrogens is 286 g/mol. The van der Waals surface area contributed by atoms with Crippen LogP contribution in [0, 0.1) is 6.92 Å². The molecule has 1 atom stereocenters. The Bertz CT molecular complexity index is 588. The number of fused-ring (bicyclic) bond motifs is 1. The molecule has 0 spiro atoms. The van der Waals surface area contributed by atoms with E-state index in [1.807, 2.05) is 13.0 Å². The fourth-order valence-electron chi connectivity index (χ4n) is 3.01. The van der Waals surface area contributed by atoms with E-state index in [-0.39, 0.29) is 19.1 Å². The van der Waals surface area contributed by atoms with Gasteiger partial charge in [0, 0.05) is 12.1 Å². The van der Waals surface area contributed by atoms with Gasteiger partial charge in [0.05, 0.1) is 13.2 Å². The van der Waals surface area contributed by atoms with Gasteiger partial charge < -0.3 is 24.6 Å². The number of amides is 1. The molecule has 0 unspecified atom stereocenters. The van der Waals surface area contributed by atoms with E-state index < -0.39 is 5.60 Å². The number of aliphatic hydroxyl groups is 2. The van der Waals surface area contributed by atoms with E-state index in [9.17, 15) is 15.0 Å². The van der Waals surface area contributed by atoms with Gasteiger partial charge in [-0.15, -0.1) is 0 Å². The summed E-state index contributed by atoms with van der Waals surface area (Å²) in [6.07, 6.45) is 1.18. The number of nitrogens with zero attached hydrogens (tertiary/aromatic N) is 1. The first-order valence-corrected chi connectivity index (χ1v) is 7.55. The predicted molar refractivity (Wildman–Crippen MR) is 79.3 cm³/mol.